The topological polar surface area (TPSA) is 58.2 Å². The zero-order valence-electron chi connectivity index (χ0n) is 13.5. The molecule has 1 aromatic carbocycles. The second kappa shape index (κ2) is 7.97. The molecule has 22 heavy (non-hydrogen) atoms. The lowest BCUT2D eigenvalue weighted by atomic mass is 9.88. The van der Waals surface area contributed by atoms with Crippen molar-refractivity contribution >= 4 is 17.5 Å². The smallest absolute Gasteiger partial charge is 0.251 e. The molecule has 0 heterocycles. The third kappa shape index (κ3) is 4.58. The van der Waals surface area contributed by atoms with Crippen molar-refractivity contribution in [2.45, 2.75) is 58.4 Å². The van der Waals surface area contributed by atoms with Crippen LogP contribution in [0.15, 0.2) is 24.3 Å². The van der Waals surface area contributed by atoms with Crippen LogP contribution in [0.2, 0.25) is 0 Å². The zero-order chi connectivity index (χ0) is 15.9. The number of carbonyl (C=O) groups is 2. The van der Waals surface area contributed by atoms with Crippen LogP contribution >= 0.6 is 0 Å². The molecule has 0 aliphatic heterocycles. The van der Waals surface area contributed by atoms with Crippen LogP contribution in [0.3, 0.4) is 0 Å². The number of hydrogen-bond donors (Lipinski definition) is 2. The van der Waals surface area contributed by atoms with E-state index in [1.807, 2.05) is 26.0 Å². The molecule has 0 aromatic heterocycles. The Kier molecular flexibility index (Phi) is 5.99. The second-order valence-corrected chi connectivity index (χ2v) is 6.19. The Labute approximate surface area is 132 Å². The van der Waals surface area contributed by atoms with Gasteiger partial charge >= 0.3 is 0 Å². The minimum absolute atomic E-state index is 0.0826. The third-order valence-electron chi connectivity index (χ3n) is 4.36. The summed E-state index contributed by atoms with van der Waals surface area (Å²) in [5, 5.41) is 5.89. The number of carbonyl (C=O) groups excluding carboxylic acids is 2. The van der Waals surface area contributed by atoms with Gasteiger partial charge in [0, 0.05) is 23.2 Å². The predicted octanol–water partition coefficient (Wildman–Crippen LogP) is 3.73. The van der Waals surface area contributed by atoms with E-state index in [4.69, 9.17) is 0 Å². The molecule has 0 bridgehead atoms. The van der Waals surface area contributed by atoms with E-state index in [0.717, 1.165) is 32.1 Å². The molecule has 0 spiro atoms. The first-order valence-electron chi connectivity index (χ1n) is 8.32. The average Bonchev–Trinajstić information content (AvgIpc) is 2.55. The van der Waals surface area contributed by atoms with Crippen molar-refractivity contribution < 1.29 is 9.59 Å². The Morgan fingerprint density at radius 1 is 1.23 bits per heavy atom. The number of anilines is 1. The number of nitrogens with one attached hydrogen (secondary N) is 2. The molecule has 0 saturated heterocycles. The van der Waals surface area contributed by atoms with Gasteiger partial charge in [0.25, 0.3) is 5.91 Å². The maximum absolute atomic E-state index is 12.3. The monoisotopic (exact) mass is 302 g/mol. The third-order valence-corrected chi connectivity index (χ3v) is 4.36. The Morgan fingerprint density at radius 2 is 1.95 bits per heavy atom. The summed E-state index contributed by atoms with van der Waals surface area (Å²) < 4.78 is 0. The van der Waals surface area contributed by atoms with E-state index < -0.39 is 0 Å². The van der Waals surface area contributed by atoms with E-state index in [1.54, 1.807) is 12.1 Å². The van der Waals surface area contributed by atoms with E-state index in [1.165, 1.54) is 6.42 Å². The number of hydrogen-bond acceptors (Lipinski definition) is 2. The molecule has 1 saturated carbocycles. The first kappa shape index (κ1) is 16.5. The van der Waals surface area contributed by atoms with Crippen LogP contribution in [-0.2, 0) is 4.79 Å². The predicted molar refractivity (Wildman–Crippen MR) is 88.9 cm³/mol. The highest BCUT2D eigenvalue weighted by atomic mass is 16.2. The highest BCUT2D eigenvalue weighted by Gasteiger charge is 2.21. The van der Waals surface area contributed by atoms with Gasteiger partial charge in [-0.1, -0.05) is 32.3 Å². The Hall–Kier alpha value is -1.84. The standard InChI is InChI=1S/C18H26N2O2/c1-3-13(2)19-18(22)15-10-7-11-16(12-15)20-17(21)14-8-5-4-6-9-14/h7,10-14H,3-6,8-9H2,1-2H3,(H,19,22)(H,20,21)/t13-/m1/s1. The fourth-order valence-corrected chi connectivity index (χ4v) is 2.76. The summed E-state index contributed by atoms with van der Waals surface area (Å²) in [7, 11) is 0. The molecule has 120 valence electrons. The molecule has 1 atom stereocenters. The van der Waals surface area contributed by atoms with Crippen molar-refractivity contribution in [1.29, 1.82) is 0 Å². The van der Waals surface area contributed by atoms with Crippen LogP contribution in [0.1, 0.15) is 62.7 Å². The Bertz CT molecular complexity index is 522. The van der Waals surface area contributed by atoms with Crippen LogP contribution in [0, 0.1) is 5.92 Å². The highest BCUT2D eigenvalue weighted by Crippen LogP contribution is 2.25. The Balaban J connectivity index is 1.98. The lowest BCUT2D eigenvalue weighted by Crippen LogP contribution is -2.32. The molecule has 0 radical (unpaired) electrons. The largest absolute Gasteiger partial charge is 0.350 e. The first-order chi connectivity index (χ1) is 10.6. The van der Waals surface area contributed by atoms with Gasteiger partial charge in [0.1, 0.15) is 0 Å². The van der Waals surface area contributed by atoms with Crippen LogP contribution in [0.4, 0.5) is 5.69 Å². The summed E-state index contributed by atoms with van der Waals surface area (Å²) in [4.78, 5) is 24.4. The van der Waals surface area contributed by atoms with Gasteiger partial charge in [-0.2, -0.15) is 0 Å². The van der Waals surface area contributed by atoms with E-state index >= 15 is 0 Å². The average molecular weight is 302 g/mol. The summed E-state index contributed by atoms with van der Waals surface area (Å²) in [5.74, 6) is 0.105. The summed E-state index contributed by atoms with van der Waals surface area (Å²) >= 11 is 0. The molecule has 1 aliphatic carbocycles. The van der Waals surface area contributed by atoms with Gasteiger partial charge in [-0.15, -0.1) is 0 Å². The minimum atomic E-state index is -0.0943. The van der Waals surface area contributed by atoms with Crippen molar-refractivity contribution in [2.75, 3.05) is 5.32 Å². The maximum atomic E-state index is 12.3. The molecule has 1 aliphatic rings. The number of amides is 2. The van der Waals surface area contributed by atoms with Crippen LogP contribution in [0.25, 0.3) is 0 Å². The fourth-order valence-electron chi connectivity index (χ4n) is 2.76. The van der Waals surface area contributed by atoms with E-state index in [-0.39, 0.29) is 23.8 Å². The molecule has 1 aromatic rings. The van der Waals surface area contributed by atoms with Crippen molar-refractivity contribution in [3.8, 4) is 0 Å². The van der Waals surface area contributed by atoms with Crippen LogP contribution < -0.4 is 10.6 Å². The van der Waals surface area contributed by atoms with E-state index in [2.05, 4.69) is 10.6 Å². The summed E-state index contributed by atoms with van der Waals surface area (Å²) in [5.41, 5.74) is 1.29. The van der Waals surface area contributed by atoms with Gasteiger partial charge in [0.05, 0.1) is 0 Å². The van der Waals surface area contributed by atoms with Gasteiger partial charge in [-0.05, 0) is 44.4 Å². The highest BCUT2D eigenvalue weighted by molar-refractivity contribution is 5.97. The van der Waals surface area contributed by atoms with Gasteiger partial charge in [0.15, 0.2) is 0 Å². The van der Waals surface area contributed by atoms with Gasteiger partial charge < -0.3 is 10.6 Å². The molecule has 0 unspecified atom stereocenters. The first-order valence-corrected chi connectivity index (χ1v) is 8.32. The Morgan fingerprint density at radius 3 is 2.64 bits per heavy atom. The second-order valence-electron chi connectivity index (χ2n) is 6.19. The summed E-state index contributed by atoms with van der Waals surface area (Å²) in [6.07, 6.45) is 6.34. The molecular formula is C18H26N2O2. The lowest BCUT2D eigenvalue weighted by Gasteiger charge is -2.21. The molecule has 1 fully saturated rings. The van der Waals surface area contributed by atoms with Crippen molar-refractivity contribution in [3.63, 3.8) is 0 Å². The lowest BCUT2D eigenvalue weighted by molar-refractivity contribution is -0.120. The van der Waals surface area contributed by atoms with Gasteiger partial charge in [-0.25, -0.2) is 0 Å². The van der Waals surface area contributed by atoms with Crippen LogP contribution in [0.5, 0.6) is 0 Å². The summed E-state index contributed by atoms with van der Waals surface area (Å²) in [6.45, 7) is 4.01. The number of benzene rings is 1. The molecule has 2 amide bonds. The molecule has 4 heteroatoms. The van der Waals surface area contributed by atoms with Gasteiger partial charge in [0.2, 0.25) is 5.91 Å². The van der Waals surface area contributed by atoms with Crippen molar-refractivity contribution in [3.05, 3.63) is 29.8 Å². The van der Waals surface area contributed by atoms with Crippen molar-refractivity contribution in [1.82, 2.24) is 5.32 Å². The zero-order valence-corrected chi connectivity index (χ0v) is 13.5. The maximum Gasteiger partial charge on any atom is 0.251 e. The minimum Gasteiger partial charge on any atom is -0.350 e. The fraction of sp³-hybridized carbons (Fsp3) is 0.556. The normalized spacial score (nSPS) is 16.8. The SMILES string of the molecule is CC[C@@H](C)NC(=O)c1cccc(NC(=O)C2CCCCC2)c1. The number of rotatable bonds is 5. The molecule has 2 rings (SSSR count). The van der Waals surface area contributed by atoms with Gasteiger partial charge in [-0.3, -0.25) is 9.59 Å². The molecule has 4 nitrogen and oxygen atoms in total. The molecular weight excluding hydrogens is 276 g/mol. The summed E-state index contributed by atoms with van der Waals surface area (Å²) in [6, 6.07) is 7.31. The molecule has 2 N–H and O–H groups in total. The van der Waals surface area contributed by atoms with E-state index in [9.17, 15) is 9.59 Å². The quantitative estimate of drug-likeness (QED) is 0.870. The van der Waals surface area contributed by atoms with Crippen molar-refractivity contribution in [2.24, 2.45) is 5.92 Å². The van der Waals surface area contributed by atoms with Crippen LogP contribution in [-0.4, -0.2) is 17.9 Å². The van der Waals surface area contributed by atoms with E-state index in [0.29, 0.717) is 11.3 Å².